The molecule has 0 aromatic carbocycles. The zero-order valence-corrected chi connectivity index (χ0v) is 10.1. The van der Waals surface area contributed by atoms with Crippen molar-refractivity contribution in [1.82, 2.24) is 9.97 Å². The molecule has 16 heavy (non-hydrogen) atoms. The maximum absolute atomic E-state index is 9.03. The number of aliphatic hydroxyl groups excluding tert-OH is 1. The lowest BCUT2D eigenvalue weighted by molar-refractivity contribution is 0.235. The highest BCUT2D eigenvalue weighted by Gasteiger charge is 2.24. The van der Waals surface area contributed by atoms with E-state index in [-0.39, 0.29) is 18.1 Å². The summed E-state index contributed by atoms with van der Waals surface area (Å²) in [4.78, 5) is 8.10. The summed E-state index contributed by atoms with van der Waals surface area (Å²) in [5.74, 6) is 1.09. The predicted octanol–water partition coefficient (Wildman–Crippen LogP) is 1.27. The number of hydrogen-bond donors (Lipinski definition) is 3. The van der Waals surface area contributed by atoms with E-state index >= 15 is 0 Å². The molecule has 1 atom stereocenters. The lowest BCUT2D eigenvalue weighted by atomic mass is 9.85. The highest BCUT2D eigenvalue weighted by molar-refractivity contribution is 5.37. The van der Waals surface area contributed by atoms with Crippen LogP contribution in [0.15, 0.2) is 12.4 Å². The number of anilines is 2. The van der Waals surface area contributed by atoms with E-state index in [0.29, 0.717) is 18.1 Å². The molecule has 0 bridgehead atoms. The number of nitrogens with two attached hydrogens (primary N) is 1. The molecule has 0 aliphatic carbocycles. The molecule has 1 heterocycles. The third-order valence-electron chi connectivity index (χ3n) is 2.46. The first-order valence-corrected chi connectivity index (χ1v) is 5.38. The Balaban J connectivity index is 2.72. The normalized spacial score (nSPS) is 13.5. The Labute approximate surface area is 96.1 Å². The summed E-state index contributed by atoms with van der Waals surface area (Å²) in [6, 6.07) is 0.149. The standard InChI is InChI=1S/C11H20N4O/c1-11(2,3)8(4-5-16)15-10-7-13-9(12)6-14-10/h6-8,16H,4-5H2,1-3H3,(H2,12,13)(H,14,15). The van der Waals surface area contributed by atoms with Gasteiger partial charge >= 0.3 is 0 Å². The van der Waals surface area contributed by atoms with E-state index in [4.69, 9.17) is 10.8 Å². The molecule has 0 saturated heterocycles. The molecule has 0 fully saturated rings. The number of hydrogen-bond acceptors (Lipinski definition) is 5. The van der Waals surface area contributed by atoms with E-state index in [9.17, 15) is 0 Å². The predicted molar refractivity (Wildman–Crippen MR) is 65.0 cm³/mol. The van der Waals surface area contributed by atoms with Crippen LogP contribution in [0.4, 0.5) is 11.6 Å². The fourth-order valence-electron chi connectivity index (χ4n) is 1.44. The van der Waals surface area contributed by atoms with E-state index < -0.39 is 0 Å². The van der Waals surface area contributed by atoms with Gasteiger partial charge < -0.3 is 16.2 Å². The van der Waals surface area contributed by atoms with Gasteiger partial charge in [0.1, 0.15) is 11.6 Å². The van der Waals surface area contributed by atoms with E-state index in [1.54, 1.807) is 6.20 Å². The Morgan fingerprint density at radius 1 is 1.38 bits per heavy atom. The van der Waals surface area contributed by atoms with Gasteiger partial charge in [0, 0.05) is 12.6 Å². The van der Waals surface area contributed by atoms with Crippen molar-refractivity contribution in [2.75, 3.05) is 17.7 Å². The molecule has 1 rings (SSSR count). The maximum Gasteiger partial charge on any atom is 0.144 e. The van der Waals surface area contributed by atoms with Crippen LogP contribution in [0.25, 0.3) is 0 Å². The maximum atomic E-state index is 9.03. The van der Waals surface area contributed by atoms with Gasteiger partial charge in [0.05, 0.1) is 12.4 Å². The van der Waals surface area contributed by atoms with Crippen molar-refractivity contribution in [2.24, 2.45) is 5.41 Å². The molecule has 0 aliphatic rings. The first kappa shape index (κ1) is 12.7. The van der Waals surface area contributed by atoms with Gasteiger partial charge in [0.15, 0.2) is 0 Å². The van der Waals surface area contributed by atoms with Crippen LogP contribution in [0.3, 0.4) is 0 Å². The highest BCUT2D eigenvalue weighted by Crippen LogP contribution is 2.24. The summed E-state index contributed by atoms with van der Waals surface area (Å²) in [7, 11) is 0. The third-order valence-corrected chi connectivity index (χ3v) is 2.46. The van der Waals surface area contributed by atoms with Gasteiger partial charge in [-0.2, -0.15) is 0 Å². The number of aromatic nitrogens is 2. The van der Waals surface area contributed by atoms with Gasteiger partial charge in [-0.3, -0.25) is 0 Å². The summed E-state index contributed by atoms with van der Waals surface area (Å²) in [5, 5.41) is 12.3. The molecule has 1 unspecified atom stereocenters. The summed E-state index contributed by atoms with van der Waals surface area (Å²) in [6.45, 7) is 6.50. The molecule has 5 heteroatoms. The minimum Gasteiger partial charge on any atom is -0.396 e. The molecule has 0 amide bonds. The van der Waals surface area contributed by atoms with E-state index in [0.717, 1.165) is 0 Å². The number of rotatable bonds is 4. The zero-order valence-electron chi connectivity index (χ0n) is 10.1. The lowest BCUT2D eigenvalue weighted by Crippen LogP contribution is -2.35. The second-order valence-corrected chi connectivity index (χ2v) is 4.90. The molecule has 4 N–H and O–H groups in total. The first-order valence-electron chi connectivity index (χ1n) is 5.38. The molecular weight excluding hydrogens is 204 g/mol. The SMILES string of the molecule is CC(C)(C)C(CCO)Nc1cnc(N)cn1. The van der Waals surface area contributed by atoms with Crippen LogP contribution in [0, 0.1) is 5.41 Å². The van der Waals surface area contributed by atoms with Gasteiger partial charge in [-0.15, -0.1) is 0 Å². The Hall–Kier alpha value is -1.36. The number of aliphatic hydroxyl groups is 1. The Bertz CT molecular complexity index is 318. The van der Waals surface area contributed by atoms with Crippen LogP contribution in [-0.2, 0) is 0 Å². The van der Waals surface area contributed by atoms with Crippen molar-refractivity contribution >= 4 is 11.6 Å². The fourth-order valence-corrected chi connectivity index (χ4v) is 1.44. The Kier molecular flexibility index (Phi) is 4.06. The zero-order chi connectivity index (χ0) is 12.2. The van der Waals surface area contributed by atoms with Gasteiger partial charge in [-0.05, 0) is 11.8 Å². The van der Waals surface area contributed by atoms with Crippen LogP contribution >= 0.6 is 0 Å². The van der Waals surface area contributed by atoms with Gasteiger partial charge in [-0.25, -0.2) is 9.97 Å². The molecule has 0 spiro atoms. The average Bonchev–Trinajstić information content (AvgIpc) is 2.19. The average molecular weight is 224 g/mol. The Morgan fingerprint density at radius 3 is 2.50 bits per heavy atom. The largest absolute Gasteiger partial charge is 0.396 e. The summed E-state index contributed by atoms with van der Waals surface area (Å²) in [6.07, 6.45) is 3.79. The van der Waals surface area contributed by atoms with E-state index in [1.807, 2.05) is 0 Å². The van der Waals surface area contributed by atoms with Gasteiger partial charge in [0.25, 0.3) is 0 Å². The highest BCUT2D eigenvalue weighted by atomic mass is 16.3. The van der Waals surface area contributed by atoms with Crippen molar-refractivity contribution in [1.29, 1.82) is 0 Å². The van der Waals surface area contributed by atoms with Crippen molar-refractivity contribution in [3.8, 4) is 0 Å². The van der Waals surface area contributed by atoms with E-state index in [1.165, 1.54) is 6.20 Å². The topological polar surface area (TPSA) is 84.1 Å². The monoisotopic (exact) mass is 224 g/mol. The fraction of sp³-hybridized carbons (Fsp3) is 0.636. The second kappa shape index (κ2) is 5.12. The second-order valence-electron chi connectivity index (χ2n) is 4.90. The van der Waals surface area contributed by atoms with Crippen LogP contribution < -0.4 is 11.1 Å². The molecular formula is C11H20N4O. The van der Waals surface area contributed by atoms with Crippen LogP contribution in [0.2, 0.25) is 0 Å². The molecule has 90 valence electrons. The van der Waals surface area contributed by atoms with Crippen molar-refractivity contribution < 1.29 is 5.11 Å². The van der Waals surface area contributed by atoms with Crippen LogP contribution in [0.5, 0.6) is 0 Å². The molecule has 5 nitrogen and oxygen atoms in total. The van der Waals surface area contributed by atoms with Crippen LogP contribution in [0.1, 0.15) is 27.2 Å². The Morgan fingerprint density at radius 2 is 2.06 bits per heavy atom. The minimum atomic E-state index is 0.0474. The molecule has 0 radical (unpaired) electrons. The first-order chi connectivity index (χ1) is 7.43. The quantitative estimate of drug-likeness (QED) is 0.717. The third kappa shape index (κ3) is 3.66. The van der Waals surface area contributed by atoms with Crippen LogP contribution in [-0.4, -0.2) is 27.7 Å². The van der Waals surface area contributed by atoms with Crippen molar-refractivity contribution in [2.45, 2.75) is 33.2 Å². The molecule has 0 saturated carbocycles. The number of nitrogens with zero attached hydrogens (tertiary/aromatic N) is 2. The molecule has 1 aromatic heterocycles. The summed E-state index contributed by atoms with van der Waals surface area (Å²) < 4.78 is 0. The lowest BCUT2D eigenvalue weighted by Gasteiger charge is -2.31. The van der Waals surface area contributed by atoms with Gasteiger partial charge in [0.2, 0.25) is 0 Å². The number of nitrogens with one attached hydrogen (secondary N) is 1. The molecule has 1 aromatic rings. The van der Waals surface area contributed by atoms with Gasteiger partial charge in [-0.1, -0.05) is 20.8 Å². The van der Waals surface area contributed by atoms with Crippen molar-refractivity contribution in [3.63, 3.8) is 0 Å². The minimum absolute atomic E-state index is 0.0474. The molecule has 0 aliphatic heterocycles. The van der Waals surface area contributed by atoms with E-state index in [2.05, 4.69) is 36.1 Å². The van der Waals surface area contributed by atoms with Crippen molar-refractivity contribution in [3.05, 3.63) is 12.4 Å². The number of nitrogen functional groups attached to an aromatic ring is 1. The smallest absolute Gasteiger partial charge is 0.144 e. The summed E-state index contributed by atoms with van der Waals surface area (Å²) >= 11 is 0. The summed E-state index contributed by atoms with van der Waals surface area (Å²) in [5.41, 5.74) is 5.51.